The first-order valence-electron chi connectivity index (χ1n) is 6.62. The van der Waals surface area contributed by atoms with Gasteiger partial charge in [0, 0.05) is 12.2 Å². The molecule has 0 N–H and O–H groups in total. The smallest absolute Gasteiger partial charge is 0.339 e. The van der Waals surface area contributed by atoms with Crippen LogP contribution in [0.1, 0.15) is 21.6 Å². The first-order chi connectivity index (χ1) is 9.70. The quantitative estimate of drug-likeness (QED) is 0.785. The number of hydrogen-bond acceptors (Lipinski definition) is 4. The Kier molecular flexibility index (Phi) is 3.14. The Hall–Kier alpha value is -2.36. The lowest BCUT2D eigenvalue weighted by Crippen LogP contribution is -2.16. The van der Waals surface area contributed by atoms with Crippen molar-refractivity contribution in [2.75, 3.05) is 18.6 Å². The van der Waals surface area contributed by atoms with E-state index in [9.17, 15) is 4.79 Å². The third-order valence-electron chi connectivity index (χ3n) is 3.64. The summed E-state index contributed by atoms with van der Waals surface area (Å²) < 4.78 is 4.75. The second-order valence-corrected chi connectivity index (χ2v) is 4.82. The lowest BCUT2D eigenvalue weighted by Gasteiger charge is -2.19. The molecule has 0 radical (unpaired) electrons. The number of hydrogen-bond donors (Lipinski definition) is 0. The lowest BCUT2D eigenvalue weighted by atomic mass is 10.2. The number of ether oxygens (including phenoxy) is 1. The summed E-state index contributed by atoms with van der Waals surface area (Å²) in [4.78, 5) is 18.3. The van der Waals surface area contributed by atoms with Gasteiger partial charge in [-0.1, -0.05) is 18.2 Å². The minimum Gasteiger partial charge on any atom is -0.465 e. The van der Waals surface area contributed by atoms with Crippen LogP contribution in [0.4, 0.5) is 11.5 Å². The zero-order chi connectivity index (χ0) is 14.1. The molecule has 0 saturated heterocycles. The molecule has 3 rings (SSSR count). The normalized spacial score (nSPS) is 13.2. The van der Waals surface area contributed by atoms with Gasteiger partial charge in [-0.25, -0.2) is 9.78 Å². The predicted molar refractivity (Wildman–Crippen MR) is 77.5 cm³/mol. The summed E-state index contributed by atoms with van der Waals surface area (Å²) in [6.07, 6.45) is 1.02. The maximum Gasteiger partial charge on any atom is 0.339 e. The van der Waals surface area contributed by atoms with E-state index in [-0.39, 0.29) is 5.97 Å². The van der Waals surface area contributed by atoms with E-state index in [1.807, 2.05) is 19.1 Å². The van der Waals surface area contributed by atoms with Crippen LogP contribution in [-0.4, -0.2) is 24.6 Å². The van der Waals surface area contributed by atoms with Crippen LogP contribution in [0.15, 0.2) is 36.4 Å². The Morgan fingerprint density at radius 2 is 2.05 bits per heavy atom. The van der Waals surface area contributed by atoms with E-state index in [0.717, 1.165) is 18.8 Å². The van der Waals surface area contributed by atoms with E-state index in [4.69, 9.17) is 4.74 Å². The maximum absolute atomic E-state index is 11.6. The molecule has 0 fully saturated rings. The van der Waals surface area contributed by atoms with Gasteiger partial charge in [0.2, 0.25) is 0 Å². The number of aromatic nitrogens is 1. The van der Waals surface area contributed by atoms with Crippen molar-refractivity contribution >= 4 is 17.5 Å². The average Bonchev–Trinajstić information content (AvgIpc) is 2.90. The lowest BCUT2D eigenvalue weighted by molar-refractivity contribution is 0.0599. The molecule has 0 aliphatic carbocycles. The molecule has 20 heavy (non-hydrogen) atoms. The summed E-state index contributed by atoms with van der Waals surface area (Å²) in [6, 6.07) is 12.0. The number of pyridine rings is 1. The molecule has 1 aromatic carbocycles. The topological polar surface area (TPSA) is 42.4 Å². The summed E-state index contributed by atoms with van der Waals surface area (Å²) in [5, 5.41) is 0. The van der Waals surface area contributed by atoms with Crippen molar-refractivity contribution in [3.05, 3.63) is 53.2 Å². The molecule has 1 aliphatic rings. The summed E-state index contributed by atoms with van der Waals surface area (Å²) in [7, 11) is 1.38. The molecule has 4 nitrogen and oxygen atoms in total. The van der Waals surface area contributed by atoms with E-state index >= 15 is 0 Å². The molecule has 0 atom stereocenters. The monoisotopic (exact) mass is 268 g/mol. The fraction of sp³-hybridized carbons (Fsp3) is 0.250. The number of anilines is 2. The van der Waals surface area contributed by atoms with E-state index in [2.05, 4.69) is 28.1 Å². The highest BCUT2D eigenvalue weighted by molar-refractivity contribution is 5.90. The molecule has 1 aliphatic heterocycles. The average molecular weight is 268 g/mol. The summed E-state index contributed by atoms with van der Waals surface area (Å²) in [5.74, 6) is 0.531. The van der Waals surface area contributed by atoms with Gasteiger partial charge in [-0.2, -0.15) is 0 Å². The minimum atomic E-state index is -0.344. The number of esters is 1. The third-order valence-corrected chi connectivity index (χ3v) is 3.64. The van der Waals surface area contributed by atoms with Gasteiger partial charge >= 0.3 is 5.97 Å². The summed E-state index contributed by atoms with van der Waals surface area (Å²) in [6.45, 7) is 2.75. The molecular formula is C16H16N2O2. The Bertz CT molecular complexity index is 667. The Balaban J connectivity index is 1.97. The number of para-hydroxylation sites is 1. The van der Waals surface area contributed by atoms with Gasteiger partial charge in [0.15, 0.2) is 0 Å². The molecule has 102 valence electrons. The zero-order valence-electron chi connectivity index (χ0n) is 11.6. The van der Waals surface area contributed by atoms with Crippen molar-refractivity contribution in [2.45, 2.75) is 13.3 Å². The highest BCUT2D eigenvalue weighted by atomic mass is 16.5. The van der Waals surface area contributed by atoms with Crippen LogP contribution in [0.3, 0.4) is 0 Å². The van der Waals surface area contributed by atoms with E-state index in [0.29, 0.717) is 11.3 Å². The second-order valence-electron chi connectivity index (χ2n) is 4.82. The number of nitrogens with zero attached hydrogens (tertiary/aromatic N) is 2. The van der Waals surface area contributed by atoms with Crippen molar-refractivity contribution in [2.24, 2.45) is 0 Å². The molecule has 0 bridgehead atoms. The number of carbonyl (C=O) groups is 1. The molecule has 4 heteroatoms. The minimum absolute atomic E-state index is 0.344. The van der Waals surface area contributed by atoms with Crippen molar-refractivity contribution < 1.29 is 9.53 Å². The zero-order valence-corrected chi connectivity index (χ0v) is 11.6. The highest BCUT2D eigenvalue weighted by Crippen LogP contribution is 2.33. The number of benzene rings is 1. The van der Waals surface area contributed by atoms with Crippen LogP contribution in [-0.2, 0) is 11.2 Å². The summed E-state index contributed by atoms with van der Waals surface area (Å²) >= 11 is 0. The molecular weight excluding hydrogens is 252 g/mol. The number of carbonyl (C=O) groups excluding carboxylic acids is 1. The molecule has 2 heterocycles. The molecule has 0 amide bonds. The number of fused-ring (bicyclic) bond motifs is 1. The highest BCUT2D eigenvalue weighted by Gasteiger charge is 2.21. The Morgan fingerprint density at radius 3 is 2.80 bits per heavy atom. The first-order valence-corrected chi connectivity index (χ1v) is 6.62. The predicted octanol–water partition coefficient (Wildman–Crippen LogP) is 2.87. The Morgan fingerprint density at radius 1 is 1.25 bits per heavy atom. The van der Waals surface area contributed by atoms with Crippen LogP contribution in [0.2, 0.25) is 0 Å². The van der Waals surface area contributed by atoms with E-state index in [1.165, 1.54) is 18.4 Å². The first kappa shape index (κ1) is 12.7. The van der Waals surface area contributed by atoms with Gasteiger partial charge in [-0.3, -0.25) is 0 Å². The van der Waals surface area contributed by atoms with Gasteiger partial charge in [0.05, 0.1) is 18.4 Å². The van der Waals surface area contributed by atoms with Gasteiger partial charge in [0.25, 0.3) is 0 Å². The standard InChI is InChI=1S/C16H16N2O2/c1-11-13(16(19)20-2)7-8-15(17-11)18-10-9-12-5-3-4-6-14(12)18/h3-8H,9-10H2,1-2H3. The number of rotatable bonds is 2. The largest absolute Gasteiger partial charge is 0.465 e. The van der Waals surface area contributed by atoms with E-state index < -0.39 is 0 Å². The third kappa shape index (κ3) is 2.03. The van der Waals surface area contributed by atoms with Gasteiger partial charge in [-0.15, -0.1) is 0 Å². The molecule has 0 spiro atoms. The SMILES string of the molecule is COC(=O)c1ccc(N2CCc3ccccc32)nc1C. The van der Waals surface area contributed by atoms with Crippen molar-refractivity contribution in [3.8, 4) is 0 Å². The van der Waals surface area contributed by atoms with Crippen LogP contribution in [0.5, 0.6) is 0 Å². The fourth-order valence-electron chi connectivity index (χ4n) is 2.60. The summed E-state index contributed by atoms with van der Waals surface area (Å²) in [5.41, 5.74) is 3.75. The Labute approximate surface area is 118 Å². The van der Waals surface area contributed by atoms with Gasteiger partial charge < -0.3 is 9.64 Å². The molecule has 2 aromatic rings. The fourth-order valence-corrected chi connectivity index (χ4v) is 2.60. The second kappa shape index (κ2) is 4.96. The molecule has 1 aromatic heterocycles. The van der Waals surface area contributed by atoms with Crippen LogP contribution in [0.25, 0.3) is 0 Å². The van der Waals surface area contributed by atoms with E-state index in [1.54, 1.807) is 6.07 Å². The van der Waals surface area contributed by atoms with Crippen LogP contribution in [0, 0.1) is 6.92 Å². The maximum atomic E-state index is 11.6. The van der Waals surface area contributed by atoms with Gasteiger partial charge in [-0.05, 0) is 37.1 Å². The van der Waals surface area contributed by atoms with Crippen molar-refractivity contribution in [3.63, 3.8) is 0 Å². The number of aryl methyl sites for hydroxylation is 1. The number of methoxy groups -OCH3 is 1. The molecule has 0 unspecified atom stereocenters. The van der Waals surface area contributed by atoms with Crippen LogP contribution >= 0.6 is 0 Å². The molecule has 0 saturated carbocycles. The van der Waals surface area contributed by atoms with Gasteiger partial charge in [0.1, 0.15) is 5.82 Å². The van der Waals surface area contributed by atoms with Crippen molar-refractivity contribution in [1.82, 2.24) is 4.98 Å². The van der Waals surface area contributed by atoms with Crippen LogP contribution < -0.4 is 4.90 Å². The van der Waals surface area contributed by atoms with Crippen molar-refractivity contribution in [1.29, 1.82) is 0 Å².